The predicted octanol–water partition coefficient (Wildman–Crippen LogP) is 4.18. The van der Waals surface area contributed by atoms with Gasteiger partial charge in [-0.1, -0.05) is 0 Å². The molecule has 0 aliphatic carbocycles. The Bertz CT molecular complexity index is 726. The van der Waals surface area contributed by atoms with Gasteiger partial charge in [0.15, 0.2) is 0 Å². The molecule has 98 valence electrons. The lowest BCUT2D eigenvalue weighted by molar-refractivity contribution is 0.621. The molecule has 0 saturated heterocycles. The third-order valence-corrected chi connectivity index (χ3v) is 4.27. The van der Waals surface area contributed by atoms with Crippen molar-refractivity contribution < 1.29 is 4.39 Å². The monoisotopic (exact) mass is 359 g/mol. The molecular formula is C12H8BrClFN3S. The molecule has 2 aromatic heterocycles. The number of hydrogen-bond donors (Lipinski definition) is 0. The summed E-state index contributed by atoms with van der Waals surface area (Å²) in [4.78, 5) is 8.66. The maximum atomic E-state index is 13.7. The molecule has 3 rings (SSSR count). The predicted molar refractivity (Wildman–Crippen MR) is 78.2 cm³/mol. The molecule has 0 bridgehead atoms. The zero-order chi connectivity index (χ0) is 13.4. The first-order valence-electron chi connectivity index (χ1n) is 5.46. The highest BCUT2D eigenvalue weighted by atomic mass is 79.9. The van der Waals surface area contributed by atoms with Gasteiger partial charge in [0.2, 0.25) is 0 Å². The largest absolute Gasteiger partial charge is 0.321 e. The van der Waals surface area contributed by atoms with Gasteiger partial charge in [-0.3, -0.25) is 0 Å². The first kappa shape index (κ1) is 13.0. The van der Waals surface area contributed by atoms with E-state index in [1.165, 1.54) is 17.4 Å². The van der Waals surface area contributed by atoms with Crippen LogP contribution in [-0.4, -0.2) is 14.5 Å². The van der Waals surface area contributed by atoms with Crippen molar-refractivity contribution in [1.82, 2.24) is 14.5 Å². The standard InChI is InChI=1S/C12H8BrClFN3S/c13-8-1-10-11(2-9(8)15)18(12(3-14)17-10)4-7-5-19-6-16-7/h1-2,5-6H,3-4H2. The Morgan fingerprint density at radius 1 is 1.42 bits per heavy atom. The molecular weight excluding hydrogens is 353 g/mol. The number of nitrogens with zero attached hydrogens (tertiary/aromatic N) is 3. The second kappa shape index (κ2) is 5.19. The van der Waals surface area contributed by atoms with E-state index in [2.05, 4.69) is 25.9 Å². The van der Waals surface area contributed by atoms with E-state index in [1.807, 2.05) is 9.95 Å². The van der Waals surface area contributed by atoms with Crippen LogP contribution in [0.4, 0.5) is 4.39 Å². The Morgan fingerprint density at radius 2 is 2.26 bits per heavy atom. The number of aromatic nitrogens is 3. The van der Waals surface area contributed by atoms with E-state index in [4.69, 9.17) is 11.6 Å². The smallest absolute Gasteiger partial charge is 0.139 e. The van der Waals surface area contributed by atoms with Crippen LogP contribution in [0.3, 0.4) is 0 Å². The number of imidazole rings is 1. The minimum Gasteiger partial charge on any atom is -0.321 e. The quantitative estimate of drug-likeness (QED) is 0.656. The number of fused-ring (bicyclic) bond motifs is 1. The highest BCUT2D eigenvalue weighted by Crippen LogP contribution is 2.25. The lowest BCUT2D eigenvalue weighted by atomic mass is 10.3. The summed E-state index contributed by atoms with van der Waals surface area (Å²) in [6, 6.07) is 3.13. The van der Waals surface area contributed by atoms with Crippen LogP contribution in [0.1, 0.15) is 11.5 Å². The summed E-state index contributed by atoms with van der Waals surface area (Å²) in [6.07, 6.45) is 0. The Hall–Kier alpha value is -0.980. The van der Waals surface area contributed by atoms with Crippen molar-refractivity contribution in [1.29, 1.82) is 0 Å². The van der Waals surface area contributed by atoms with Gasteiger partial charge >= 0.3 is 0 Å². The number of rotatable bonds is 3. The number of hydrogen-bond acceptors (Lipinski definition) is 3. The average molecular weight is 361 g/mol. The molecule has 0 amide bonds. The fourth-order valence-electron chi connectivity index (χ4n) is 1.93. The average Bonchev–Trinajstić information content (AvgIpc) is 3.00. The van der Waals surface area contributed by atoms with Crippen LogP contribution in [0.2, 0.25) is 0 Å². The fourth-order valence-corrected chi connectivity index (χ4v) is 3.01. The molecule has 0 saturated carbocycles. The summed E-state index contributed by atoms with van der Waals surface area (Å²) in [5, 5.41) is 1.96. The van der Waals surface area contributed by atoms with Crippen LogP contribution >= 0.6 is 38.9 Å². The molecule has 1 aromatic carbocycles. The topological polar surface area (TPSA) is 30.7 Å². The maximum Gasteiger partial charge on any atom is 0.139 e. The first-order chi connectivity index (χ1) is 9.19. The number of alkyl halides is 1. The van der Waals surface area contributed by atoms with Crippen molar-refractivity contribution in [2.24, 2.45) is 0 Å². The molecule has 0 fully saturated rings. The first-order valence-corrected chi connectivity index (χ1v) is 7.73. The van der Waals surface area contributed by atoms with Crippen molar-refractivity contribution in [2.45, 2.75) is 12.4 Å². The van der Waals surface area contributed by atoms with E-state index < -0.39 is 0 Å². The highest BCUT2D eigenvalue weighted by Gasteiger charge is 2.13. The van der Waals surface area contributed by atoms with Crippen molar-refractivity contribution >= 4 is 49.9 Å². The van der Waals surface area contributed by atoms with Gasteiger partial charge in [0.25, 0.3) is 0 Å². The number of benzene rings is 1. The lowest BCUT2D eigenvalue weighted by Crippen LogP contribution is -2.04. The summed E-state index contributed by atoms with van der Waals surface area (Å²) in [5.41, 5.74) is 4.13. The third kappa shape index (κ3) is 2.40. The van der Waals surface area contributed by atoms with Crippen molar-refractivity contribution in [3.63, 3.8) is 0 Å². The molecule has 19 heavy (non-hydrogen) atoms. The van der Waals surface area contributed by atoms with Gasteiger partial charge in [-0.2, -0.15) is 0 Å². The zero-order valence-electron chi connectivity index (χ0n) is 9.61. The number of halogens is 3. The van der Waals surface area contributed by atoms with E-state index >= 15 is 0 Å². The van der Waals surface area contributed by atoms with Gasteiger partial charge in [0, 0.05) is 11.4 Å². The second-order valence-electron chi connectivity index (χ2n) is 3.98. The molecule has 3 aromatic rings. The molecule has 3 nitrogen and oxygen atoms in total. The normalized spacial score (nSPS) is 11.3. The molecule has 0 spiro atoms. The third-order valence-electron chi connectivity index (χ3n) is 2.79. The minimum atomic E-state index is -0.312. The number of thiazole rings is 1. The van der Waals surface area contributed by atoms with Gasteiger partial charge in [-0.05, 0) is 22.0 Å². The van der Waals surface area contributed by atoms with E-state index in [-0.39, 0.29) is 11.7 Å². The van der Waals surface area contributed by atoms with Crippen LogP contribution in [0, 0.1) is 5.82 Å². The van der Waals surface area contributed by atoms with Crippen molar-refractivity contribution in [3.8, 4) is 0 Å². The van der Waals surface area contributed by atoms with Crippen molar-refractivity contribution in [2.75, 3.05) is 0 Å². The second-order valence-corrected chi connectivity index (χ2v) is 5.82. The molecule has 0 radical (unpaired) electrons. The Labute approximate surface area is 126 Å². The Balaban J connectivity index is 2.17. The van der Waals surface area contributed by atoms with Gasteiger partial charge < -0.3 is 4.57 Å². The Kier molecular flexibility index (Phi) is 3.56. The summed E-state index contributed by atoms with van der Waals surface area (Å²) in [5.74, 6) is 0.674. The van der Waals surface area contributed by atoms with Crippen LogP contribution < -0.4 is 0 Å². The van der Waals surface area contributed by atoms with Crippen molar-refractivity contribution in [3.05, 3.63) is 44.8 Å². The van der Waals surface area contributed by atoms with E-state index in [9.17, 15) is 4.39 Å². The van der Waals surface area contributed by atoms with Crippen LogP contribution in [0.15, 0.2) is 27.5 Å². The summed E-state index contributed by atoms with van der Waals surface area (Å²) < 4.78 is 16.0. The lowest BCUT2D eigenvalue weighted by Gasteiger charge is -2.05. The molecule has 0 aliphatic rings. The van der Waals surface area contributed by atoms with Crippen LogP contribution in [0.25, 0.3) is 11.0 Å². The molecule has 0 unspecified atom stereocenters. The van der Waals surface area contributed by atoms with Gasteiger partial charge in [-0.25, -0.2) is 14.4 Å². The molecule has 0 N–H and O–H groups in total. The SMILES string of the molecule is Fc1cc2c(cc1Br)nc(CCl)n2Cc1cscn1. The molecule has 2 heterocycles. The van der Waals surface area contributed by atoms with Gasteiger partial charge in [-0.15, -0.1) is 22.9 Å². The molecule has 7 heteroatoms. The molecule has 0 aliphatic heterocycles. The zero-order valence-corrected chi connectivity index (χ0v) is 12.8. The van der Waals surface area contributed by atoms with E-state index in [0.29, 0.717) is 16.8 Å². The van der Waals surface area contributed by atoms with Gasteiger partial charge in [0.1, 0.15) is 11.6 Å². The Morgan fingerprint density at radius 3 is 2.95 bits per heavy atom. The summed E-state index contributed by atoms with van der Waals surface area (Å²) in [7, 11) is 0. The minimum absolute atomic E-state index is 0.276. The summed E-state index contributed by atoms with van der Waals surface area (Å²) >= 11 is 10.6. The van der Waals surface area contributed by atoms with E-state index in [1.54, 1.807) is 11.6 Å². The maximum absolute atomic E-state index is 13.7. The van der Waals surface area contributed by atoms with Gasteiger partial charge in [0.05, 0.1) is 39.1 Å². The molecule has 0 atom stereocenters. The summed E-state index contributed by atoms with van der Waals surface area (Å²) in [6.45, 7) is 0.545. The fraction of sp³-hybridized carbons (Fsp3) is 0.167. The highest BCUT2D eigenvalue weighted by molar-refractivity contribution is 9.10. The van der Waals surface area contributed by atoms with Crippen LogP contribution in [-0.2, 0) is 12.4 Å². The van der Waals surface area contributed by atoms with E-state index in [0.717, 1.165) is 16.7 Å². The van der Waals surface area contributed by atoms with Crippen LogP contribution in [0.5, 0.6) is 0 Å².